The fraction of sp³-hybridized carbons (Fsp3) is 0.706. The smallest absolute Gasteiger partial charge is 0.407 e. The van der Waals surface area contributed by atoms with Crippen LogP contribution in [-0.2, 0) is 0 Å². The highest BCUT2D eigenvalue weighted by atomic mass is 16.5. The van der Waals surface area contributed by atoms with Crippen LogP contribution in [0.4, 0.5) is 4.79 Å². The van der Waals surface area contributed by atoms with Crippen molar-refractivity contribution < 1.29 is 24.3 Å². The number of hydrogen-bond acceptors (Lipinski definition) is 5. The van der Waals surface area contributed by atoms with Gasteiger partial charge in [0.2, 0.25) is 0 Å². The first kappa shape index (κ1) is 17.7. The fourth-order valence-electron chi connectivity index (χ4n) is 3.68. The molecule has 1 saturated heterocycles. The summed E-state index contributed by atoms with van der Waals surface area (Å²) >= 11 is 0. The van der Waals surface area contributed by atoms with Gasteiger partial charge in [-0.1, -0.05) is 25.9 Å². The number of hydrogen-bond donors (Lipinski definition) is 3. The van der Waals surface area contributed by atoms with Gasteiger partial charge in [0.25, 0.3) is 5.91 Å². The quantitative estimate of drug-likeness (QED) is 0.760. The first-order chi connectivity index (χ1) is 11.7. The Bertz CT molecular complexity index is 661. The lowest BCUT2D eigenvalue weighted by Gasteiger charge is -2.37. The lowest BCUT2D eigenvalue weighted by Crippen LogP contribution is -2.54. The number of nitrogens with one attached hydrogen (secondary N) is 1. The molecule has 3 atom stereocenters. The van der Waals surface area contributed by atoms with Gasteiger partial charge in [-0.05, 0) is 18.3 Å². The molecule has 8 nitrogen and oxygen atoms in total. The zero-order valence-electron chi connectivity index (χ0n) is 14.7. The van der Waals surface area contributed by atoms with Crippen LogP contribution >= 0.6 is 0 Å². The Hall–Kier alpha value is -2.09. The normalized spacial score (nSPS) is 26.7. The van der Waals surface area contributed by atoms with E-state index in [1.807, 2.05) is 20.8 Å². The maximum Gasteiger partial charge on any atom is 0.407 e. The third kappa shape index (κ3) is 3.49. The third-order valence-corrected chi connectivity index (χ3v) is 5.02. The second-order valence-electron chi connectivity index (χ2n) is 8.08. The average molecular weight is 351 g/mol. The van der Waals surface area contributed by atoms with E-state index >= 15 is 0 Å². The Morgan fingerprint density at radius 3 is 2.60 bits per heavy atom. The van der Waals surface area contributed by atoms with E-state index < -0.39 is 29.5 Å². The Labute approximate surface area is 146 Å². The van der Waals surface area contributed by atoms with Crippen LogP contribution in [0.2, 0.25) is 0 Å². The zero-order valence-corrected chi connectivity index (χ0v) is 14.7. The van der Waals surface area contributed by atoms with Crippen molar-refractivity contribution >= 4 is 12.0 Å². The molecule has 0 radical (unpaired) electrons. The number of amides is 2. The first-order valence-corrected chi connectivity index (χ1v) is 8.60. The molecule has 2 heterocycles. The highest BCUT2D eigenvalue weighted by Crippen LogP contribution is 2.40. The second kappa shape index (κ2) is 6.33. The summed E-state index contributed by atoms with van der Waals surface area (Å²) < 4.78 is 5.22. The Kier molecular flexibility index (Phi) is 4.49. The summed E-state index contributed by atoms with van der Waals surface area (Å²) in [6.45, 7) is 5.76. The maximum absolute atomic E-state index is 12.6. The van der Waals surface area contributed by atoms with Crippen molar-refractivity contribution in [3.63, 3.8) is 0 Å². The summed E-state index contributed by atoms with van der Waals surface area (Å²) in [5, 5.41) is 25.9. The summed E-state index contributed by atoms with van der Waals surface area (Å²) in [5.41, 5.74) is -0.205. The molecule has 1 saturated carbocycles. The molecule has 1 aromatic rings. The van der Waals surface area contributed by atoms with E-state index in [-0.39, 0.29) is 24.8 Å². The molecular formula is C17H25N3O5. The lowest BCUT2D eigenvalue weighted by atomic mass is 9.80. The second-order valence-corrected chi connectivity index (χ2v) is 8.08. The summed E-state index contributed by atoms with van der Waals surface area (Å²) in [7, 11) is 0. The molecule has 1 aliphatic carbocycles. The van der Waals surface area contributed by atoms with Crippen molar-refractivity contribution in [1.82, 2.24) is 15.4 Å². The van der Waals surface area contributed by atoms with E-state index in [9.17, 15) is 19.8 Å². The van der Waals surface area contributed by atoms with Gasteiger partial charge in [-0.2, -0.15) is 0 Å². The van der Waals surface area contributed by atoms with Crippen molar-refractivity contribution in [1.29, 1.82) is 0 Å². The van der Waals surface area contributed by atoms with Crippen LogP contribution in [-0.4, -0.2) is 57.5 Å². The van der Waals surface area contributed by atoms with Crippen LogP contribution in [0.5, 0.6) is 0 Å². The van der Waals surface area contributed by atoms with Gasteiger partial charge in [-0.3, -0.25) is 4.79 Å². The lowest BCUT2D eigenvalue weighted by molar-refractivity contribution is 0.0805. The minimum Gasteiger partial charge on any atom is -0.465 e. The molecule has 2 aliphatic rings. The maximum atomic E-state index is 12.6. The first-order valence-electron chi connectivity index (χ1n) is 8.60. The largest absolute Gasteiger partial charge is 0.465 e. The molecule has 0 spiro atoms. The zero-order chi connectivity index (χ0) is 18.4. The molecule has 0 bridgehead atoms. The molecule has 1 aromatic heterocycles. The van der Waals surface area contributed by atoms with Crippen molar-refractivity contribution in [3.8, 4) is 0 Å². The van der Waals surface area contributed by atoms with E-state index in [1.165, 1.54) is 4.90 Å². The average Bonchev–Trinajstić information content (AvgIpc) is 3.12. The number of carboxylic acid groups (broad SMARTS) is 1. The molecule has 3 unspecified atom stereocenters. The van der Waals surface area contributed by atoms with Gasteiger partial charge >= 0.3 is 6.09 Å². The summed E-state index contributed by atoms with van der Waals surface area (Å²) in [6, 6.07) is 0.715. The van der Waals surface area contributed by atoms with Crippen LogP contribution in [0.15, 0.2) is 10.6 Å². The van der Waals surface area contributed by atoms with Crippen LogP contribution in [0.25, 0.3) is 0 Å². The molecule has 8 heteroatoms. The predicted molar refractivity (Wildman–Crippen MR) is 88.3 cm³/mol. The Morgan fingerprint density at radius 2 is 2.08 bits per heavy atom. The van der Waals surface area contributed by atoms with E-state index in [0.29, 0.717) is 5.92 Å². The summed E-state index contributed by atoms with van der Waals surface area (Å²) in [4.78, 5) is 25.5. The van der Waals surface area contributed by atoms with Crippen LogP contribution in [0.3, 0.4) is 0 Å². The molecule has 3 N–H and O–H groups in total. The van der Waals surface area contributed by atoms with Crippen LogP contribution < -0.4 is 5.32 Å². The highest BCUT2D eigenvalue weighted by molar-refractivity contribution is 5.92. The van der Waals surface area contributed by atoms with Gasteiger partial charge in [0.1, 0.15) is 5.76 Å². The standard InChI is InChI=1S/C17H25N3O5/c1-17(2,3)14-13(10(8-21)7-20(14)16(23)24)18-15(22)11-6-12(25-19-11)9-4-5-9/h6,9-10,13-14,21H,4-5,7-8H2,1-3H3,(H,18,22)(H,23,24). The van der Waals surface area contributed by atoms with E-state index in [4.69, 9.17) is 4.52 Å². The molecule has 0 aromatic carbocycles. The van der Waals surface area contributed by atoms with Crippen LogP contribution in [0.1, 0.15) is 55.8 Å². The number of rotatable bonds is 4. The van der Waals surface area contributed by atoms with Crippen molar-refractivity contribution in [2.75, 3.05) is 13.2 Å². The fourth-order valence-corrected chi connectivity index (χ4v) is 3.68. The topological polar surface area (TPSA) is 116 Å². The molecule has 1 aliphatic heterocycles. The molecule has 2 amide bonds. The number of carbonyl (C=O) groups is 2. The highest BCUT2D eigenvalue weighted by Gasteiger charge is 2.49. The number of likely N-dealkylation sites (tertiary alicyclic amines) is 1. The summed E-state index contributed by atoms with van der Waals surface area (Å²) in [6.07, 6.45) is 1.04. The summed E-state index contributed by atoms with van der Waals surface area (Å²) in [5.74, 6) is 0.310. The minimum atomic E-state index is -1.05. The van der Waals surface area contributed by atoms with Crippen LogP contribution in [0, 0.1) is 11.3 Å². The monoisotopic (exact) mass is 351 g/mol. The molecule has 138 valence electrons. The number of nitrogens with zero attached hydrogens (tertiary/aromatic N) is 2. The minimum absolute atomic E-state index is 0.185. The SMILES string of the molecule is CC(C)(C)C1C(NC(=O)c2cc(C3CC3)on2)C(CO)CN1C(=O)O. The van der Waals surface area contributed by atoms with Gasteiger partial charge in [-0.25, -0.2) is 4.79 Å². The number of aliphatic hydroxyl groups is 1. The number of aliphatic hydroxyl groups excluding tert-OH is 1. The van der Waals surface area contributed by atoms with Gasteiger partial charge in [-0.15, -0.1) is 0 Å². The number of aromatic nitrogens is 1. The predicted octanol–water partition coefficient (Wildman–Crippen LogP) is 1.67. The van der Waals surface area contributed by atoms with Gasteiger partial charge in [0.05, 0.1) is 12.1 Å². The van der Waals surface area contributed by atoms with E-state index in [0.717, 1.165) is 18.6 Å². The van der Waals surface area contributed by atoms with Crippen molar-refractivity contribution in [2.45, 2.75) is 51.6 Å². The Balaban J connectivity index is 1.80. The van der Waals surface area contributed by atoms with Crippen molar-refractivity contribution in [2.24, 2.45) is 11.3 Å². The Morgan fingerprint density at radius 1 is 1.40 bits per heavy atom. The molecule has 2 fully saturated rings. The number of carbonyl (C=O) groups excluding carboxylic acids is 1. The third-order valence-electron chi connectivity index (χ3n) is 5.02. The van der Waals surface area contributed by atoms with Crippen molar-refractivity contribution in [3.05, 3.63) is 17.5 Å². The van der Waals surface area contributed by atoms with Gasteiger partial charge < -0.3 is 25.0 Å². The van der Waals surface area contributed by atoms with E-state index in [2.05, 4.69) is 10.5 Å². The van der Waals surface area contributed by atoms with Gasteiger partial charge in [0.15, 0.2) is 5.69 Å². The van der Waals surface area contributed by atoms with E-state index in [1.54, 1.807) is 6.07 Å². The van der Waals surface area contributed by atoms with Gasteiger partial charge in [0, 0.05) is 31.1 Å². The molecule has 25 heavy (non-hydrogen) atoms. The molecule has 3 rings (SSSR count). The molecular weight excluding hydrogens is 326 g/mol.